The van der Waals surface area contributed by atoms with Gasteiger partial charge in [0, 0.05) is 73.4 Å². The second kappa shape index (κ2) is 11.7. The third-order valence-corrected chi connectivity index (χ3v) is 12.7. The maximum absolute atomic E-state index is 13.2. The number of nitrogens with one attached hydrogen (secondary N) is 1. The molecule has 3 aliphatic carbocycles. The Balaban J connectivity index is 0.964. The minimum Gasteiger partial charge on any atom is -0.356 e. The predicted octanol–water partition coefficient (Wildman–Crippen LogP) is 6.90. The summed E-state index contributed by atoms with van der Waals surface area (Å²) in [6.07, 6.45) is -0.0917. The highest BCUT2D eigenvalue weighted by Gasteiger charge is 2.68. The molecule has 9 rings (SSSR count). The summed E-state index contributed by atoms with van der Waals surface area (Å²) in [6.45, 7) is 11.3. The molecule has 258 valence electrons. The Morgan fingerprint density at radius 1 is 1.10 bits per heavy atom. The first-order valence-electron chi connectivity index (χ1n) is 17.6. The number of aryl methyl sites for hydroxylation is 2. The highest BCUT2D eigenvalue weighted by atomic mass is 32.1. The lowest BCUT2D eigenvalue weighted by Gasteiger charge is -2.70. The van der Waals surface area contributed by atoms with E-state index >= 15 is 0 Å². The van der Waals surface area contributed by atoms with E-state index in [2.05, 4.69) is 49.8 Å². The predicted molar refractivity (Wildman–Crippen MR) is 184 cm³/mol. The number of likely N-dealkylation sites (tertiary alicyclic amines) is 1. The molecule has 2 unspecified atom stereocenters. The van der Waals surface area contributed by atoms with Crippen LogP contribution in [0.5, 0.6) is 0 Å². The van der Waals surface area contributed by atoms with Gasteiger partial charge in [-0.1, -0.05) is 19.9 Å². The van der Waals surface area contributed by atoms with Crippen molar-refractivity contribution < 1.29 is 18.0 Å². The van der Waals surface area contributed by atoms with Crippen LogP contribution >= 0.6 is 11.3 Å². The molecule has 5 heterocycles. The SMILES string of the molecule is CCC(=O)NC12CC(Cn3c(C#N)cc4c(C)c(CN5CC6CCN(c7nc(CC)nc8sc(CC(F)(F)F)cc78)CC6C5)ccc43)(C1)C2. The number of piperidine rings is 1. The van der Waals surface area contributed by atoms with Crippen molar-refractivity contribution in [3.8, 4) is 6.07 Å². The Hall–Kier alpha value is -3.69. The van der Waals surface area contributed by atoms with Crippen molar-refractivity contribution >= 4 is 44.2 Å². The Kier molecular flexibility index (Phi) is 7.76. The topological polar surface area (TPSA) is 90.1 Å². The lowest BCUT2D eigenvalue weighted by molar-refractivity contribution is -0.171. The number of fused-ring (bicyclic) bond motifs is 3. The lowest BCUT2D eigenvalue weighted by atomic mass is 9.39. The van der Waals surface area contributed by atoms with Crippen LogP contribution in [0.2, 0.25) is 0 Å². The van der Waals surface area contributed by atoms with Crippen LogP contribution in [0.4, 0.5) is 19.0 Å². The first-order valence-corrected chi connectivity index (χ1v) is 18.4. The number of alkyl halides is 3. The van der Waals surface area contributed by atoms with Crippen molar-refractivity contribution in [2.45, 2.75) is 90.5 Å². The van der Waals surface area contributed by atoms with Crippen LogP contribution in [0.25, 0.3) is 21.1 Å². The van der Waals surface area contributed by atoms with E-state index in [4.69, 9.17) is 4.98 Å². The molecule has 12 heteroatoms. The summed E-state index contributed by atoms with van der Waals surface area (Å²) in [7, 11) is 0. The number of benzene rings is 1. The second-order valence-corrected chi connectivity index (χ2v) is 16.3. The average Bonchev–Trinajstić information content (AvgIpc) is 3.73. The molecule has 5 aliphatic rings. The third kappa shape index (κ3) is 5.76. The smallest absolute Gasteiger partial charge is 0.356 e. The van der Waals surface area contributed by atoms with E-state index in [0.717, 1.165) is 98.4 Å². The zero-order chi connectivity index (χ0) is 34.3. The molecule has 4 aromatic rings. The molecule has 2 aliphatic heterocycles. The number of hydrogen-bond acceptors (Lipinski definition) is 7. The van der Waals surface area contributed by atoms with Crippen molar-refractivity contribution in [1.29, 1.82) is 5.26 Å². The van der Waals surface area contributed by atoms with Gasteiger partial charge >= 0.3 is 6.18 Å². The highest BCUT2D eigenvalue weighted by molar-refractivity contribution is 7.18. The maximum atomic E-state index is 13.2. The summed E-state index contributed by atoms with van der Waals surface area (Å²) < 4.78 is 41.8. The molecule has 0 spiro atoms. The highest BCUT2D eigenvalue weighted by Crippen LogP contribution is 2.68. The molecular weight excluding hydrogens is 648 g/mol. The lowest BCUT2D eigenvalue weighted by Crippen LogP contribution is -2.75. The van der Waals surface area contributed by atoms with Gasteiger partial charge in [0.15, 0.2) is 0 Å². The fourth-order valence-electron chi connectivity index (χ4n) is 9.48. The molecule has 2 atom stereocenters. The summed E-state index contributed by atoms with van der Waals surface area (Å²) in [5.41, 5.74) is 4.43. The van der Waals surface area contributed by atoms with Gasteiger partial charge in [0.1, 0.15) is 28.2 Å². The number of rotatable bonds is 9. The summed E-state index contributed by atoms with van der Waals surface area (Å²) >= 11 is 1.13. The van der Waals surface area contributed by atoms with Crippen LogP contribution in [0.3, 0.4) is 0 Å². The van der Waals surface area contributed by atoms with Gasteiger partial charge in [-0.25, -0.2) is 9.97 Å². The van der Waals surface area contributed by atoms with Crippen LogP contribution in [-0.2, 0) is 30.7 Å². The van der Waals surface area contributed by atoms with E-state index in [1.54, 1.807) is 6.07 Å². The zero-order valence-corrected chi connectivity index (χ0v) is 29.1. The van der Waals surface area contributed by atoms with Gasteiger partial charge in [0.25, 0.3) is 0 Å². The molecule has 1 N–H and O–H groups in total. The number of aromatic nitrogens is 3. The van der Waals surface area contributed by atoms with E-state index in [-0.39, 0.29) is 21.7 Å². The molecule has 1 amide bonds. The largest absolute Gasteiger partial charge is 0.393 e. The average molecular weight is 690 g/mol. The molecule has 3 aromatic heterocycles. The number of anilines is 1. The molecule has 2 saturated heterocycles. The van der Waals surface area contributed by atoms with E-state index in [1.165, 1.54) is 11.1 Å². The zero-order valence-electron chi connectivity index (χ0n) is 28.3. The Labute approximate surface area is 288 Å². The van der Waals surface area contributed by atoms with Gasteiger partial charge in [-0.15, -0.1) is 11.3 Å². The standard InChI is InChI=1S/C37H42F3N7OS/c1-4-31-42-33(29-11-27(12-37(38,39)40)49-34(29)43-31)46-9-8-24-15-45(16-25(24)17-46)14-23-6-7-30-28(22(23)3)10-26(13-41)47(30)21-35-18-36(19-35,20-35)44-32(48)5-2/h6-7,10-11,24-25H,4-5,8-9,12,14-21H2,1-3H3,(H,44,48). The van der Waals surface area contributed by atoms with Crippen LogP contribution in [-0.4, -0.2) is 63.2 Å². The monoisotopic (exact) mass is 689 g/mol. The number of carbonyl (C=O) groups is 1. The summed E-state index contributed by atoms with van der Waals surface area (Å²) in [5.74, 6) is 2.59. The van der Waals surface area contributed by atoms with Crippen molar-refractivity contribution in [2.75, 3.05) is 31.1 Å². The fourth-order valence-corrected chi connectivity index (χ4v) is 10.6. The summed E-state index contributed by atoms with van der Waals surface area (Å²) in [4.78, 5) is 27.2. The van der Waals surface area contributed by atoms with Gasteiger partial charge < -0.3 is 14.8 Å². The van der Waals surface area contributed by atoms with Gasteiger partial charge in [-0.3, -0.25) is 9.69 Å². The van der Waals surface area contributed by atoms with Crippen LogP contribution in [0.15, 0.2) is 24.3 Å². The number of amides is 1. The number of halogens is 3. The number of nitrogens with zero attached hydrogens (tertiary/aromatic N) is 6. The molecule has 2 bridgehead atoms. The molecule has 0 radical (unpaired) electrons. The minimum absolute atomic E-state index is 0.0284. The number of thiophene rings is 1. The van der Waals surface area contributed by atoms with Crippen molar-refractivity contribution in [1.82, 2.24) is 24.8 Å². The van der Waals surface area contributed by atoms with Crippen LogP contribution < -0.4 is 10.2 Å². The molecule has 49 heavy (non-hydrogen) atoms. The van der Waals surface area contributed by atoms with Crippen molar-refractivity contribution in [3.63, 3.8) is 0 Å². The van der Waals surface area contributed by atoms with Gasteiger partial charge in [-0.2, -0.15) is 18.4 Å². The number of nitriles is 1. The van der Waals surface area contributed by atoms with E-state index in [1.807, 2.05) is 19.9 Å². The van der Waals surface area contributed by atoms with E-state index in [0.29, 0.717) is 41.0 Å². The second-order valence-electron chi connectivity index (χ2n) is 15.2. The molecular formula is C37H42F3N7OS. The Bertz CT molecular complexity index is 1990. The maximum Gasteiger partial charge on any atom is 0.393 e. The fraction of sp³-hybridized carbons (Fsp3) is 0.568. The molecule has 1 aromatic carbocycles. The number of carbonyl (C=O) groups excluding carboxylic acids is 1. The van der Waals surface area contributed by atoms with Crippen molar-refractivity contribution in [3.05, 3.63) is 51.8 Å². The molecule has 8 nitrogen and oxygen atoms in total. The summed E-state index contributed by atoms with van der Waals surface area (Å²) in [6, 6.07) is 10.6. The first kappa shape index (κ1) is 32.5. The summed E-state index contributed by atoms with van der Waals surface area (Å²) in [5, 5.41) is 15.2. The van der Waals surface area contributed by atoms with Gasteiger partial charge in [0.05, 0.1) is 11.8 Å². The van der Waals surface area contributed by atoms with Crippen LogP contribution in [0, 0.1) is 35.5 Å². The number of hydrogen-bond donors (Lipinski definition) is 1. The normalized spacial score (nSPS) is 26.4. The Morgan fingerprint density at radius 3 is 2.59 bits per heavy atom. The molecule has 3 saturated carbocycles. The van der Waals surface area contributed by atoms with Crippen LogP contribution in [0.1, 0.15) is 73.5 Å². The molecule has 5 fully saturated rings. The quantitative estimate of drug-likeness (QED) is 0.206. The minimum atomic E-state index is -4.26. The van der Waals surface area contributed by atoms with Gasteiger partial charge in [0.2, 0.25) is 5.91 Å². The van der Waals surface area contributed by atoms with E-state index in [9.17, 15) is 23.2 Å². The van der Waals surface area contributed by atoms with Crippen molar-refractivity contribution in [2.24, 2.45) is 17.3 Å². The first-order chi connectivity index (χ1) is 23.4. The Morgan fingerprint density at radius 2 is 1.88 bits per heavy atom. The third-order valence-electron chi connectivity index (χ3n) is 11.7. The van der Waals surface area contributed by atoms with Gasteiger partial charge in [-0.05, 0) is 79.2 Å². The van der Waals surface area contributed by atoms with E-state index < -0.39 is 12.6 Å².